The van der Waals surface area contributed by atoms with E-state index in [0.29, 0.717) is 5.56 Å². The minimum atomic E-state index is -1.78. The predicted molar refractivity (Wildman–Crippen MR) is 120 cm³/mol. The van der Waals surface area contributed by atoms with Crippen LogP contribution < -0.4 is 5.32 Å². The Hall–Kier alpha value is -1.69. The first-order valence-corrected chi connectivity index (χ1v) is 11.8. The van der Waals surface area contributed by atoms with Gasteiger partial charge in [-0.3, -0.25) is 9.88 Å². The maximum absolute atomic E-state index is 12.9. The van der Waals surface area contributed by atoms with E-state index in [1.54, 1.807) is 12.1 Å². The number of halogens is 1. The highest BCUT2D eigenvalue weighted by Crippen LogP contribution is 2.30. The van der Waals surface area contributed by atoms with Crippen LogP contribution in [0.4, 0.5) is 4.79 Å². The van der Waals surface area contributed by atoms with E-state index in [4.69, 9.17) is 25.8 Å². The molecule has 2 saturated heterocycles. The van der Waals surface area contributed by atoms with Gasteiger partial charge in [0.25, 0.3) is 0 Å². The summed E-state index contributed by atoms with van der Waals surface area (Å²) < 4.78 is 16.6. The number of aromatic nitrogens is 1. The lowest BCUT2D eigenvalue weighted by atomic mass is 9.96. The molecule has 8 N–H and O–H groups in total. The molecule has 10 atom stereocenters. The van der Waals surface area contributed by atoms with E-state index in [1.165, 1.54) is 12.4 Å². The molecule has 2 amide bonds. The summed E-state index contributed by atoms with van der Waals surface area (Å²) in [7, 11) is 0. The number of aliphatic hydroxyl groups excluding tert-OH is 7. The number of pyridine rings is 1. The first kappa shape index (κ1) is 28.9. The average molecular weight is 538 g/mol. The molecule has 0 radical (unpaired) electrons. The maximum Gasteiger partial charge on any atom is 0.319 e. The van der Waals surface area contributed by atoms with Crippen molar-refractivity contribution in [1.29, 1.82) is 0 Å². The summed E-state index contributed by atoms with van der Waals surface area (Å²) in [5, 5.41) is 73.9. The Kier molecular flexibility index (Phi) is 10.6. The first-order chi connectivity index (χ1) is 17.2. The van der Waals surface area contributed by atoms with E-state index in [2.05, 4.69) is 10.3 Å². The van der Waals surface area contributed by atoms with E-state index in [-0.39, 0.29) is 19.0 Å². The summed E-state index contributed by atoms with van der Waals surface area (Å²) in [5.41, 5.74) is 0.636. The summed E-state index contributed by atoms with van der Waals surface area (Å²) in [6.45, 7) is -1.37. The SMILES string of the molecule is O=C(NCCCl)N(Cc1ccncc1)C1O[C@H](CO)[C@@H](O[C@H]2O[C@H](CO)[C@@H](O)[C@H](O)[C@H]2O)[C@H](O)[C@H]1O. The van der Waals surface area contributed by atoms with Gasteiger partial charge in [-0.1, -0.05) is 0 Å². The quantitative estimate of drug-likeness (QED) is 0.144. The highest BCUT2D eigenvalue weighted by molar-refractivity contribution is 6.18. The van der Waals surface area contributed by atoms with Gasteiger partial charge in [-0.2, -0.15) is 0 Å². The Morgan fingerprint density at radius 3 is 2.25 bits per heavy atom. The number of rotatable bonds is 9. The molecule has 204 valence electrons. The summed E-state index contributed by atoms with van der Waals surface area (Å²) in [6.07, 6.45) is -12.8. The van der Waals surface area contributed by atoms with E-state index in [9.17, 15) is 40.5 Å². The fourth-order valence-corrected chi connectivity index (χ4v) is 4.14. The molecule has 1 aromatic rings. The number of carbonyl (C=O) groups excluding carboxylic acids is 1. The van der Waals surface area contributed by atoms with E-state index < -0.39 is 80.6 Å². The van der Waals surface area contributed by atoms with Crippen molar-refractivity contribution in [3.63, 3.8) is 0 Å². The Balaban J connectivity index is 1.80. The third kappa shape index (κ3) is 6.41. The molecule has 3 rings (SSSR count). The number of ether oxygens (including phenoxy) is 3. The first-order valence-electron chi connectivity index (χ1n) is 11.3. The van der Waals surface area contributed by atoms with Gasteiger partial charge in [0.05, 0.1) is 19.8 Å². The molecule has 0 bridgehead atoms. The Morgan fingerprint density at radius 2 is 1.64 bits per heavy atom. The zero-order chi connectivity index (χ0) is 26.4. The molecule has 14 nitrogen and oxygen atoms in total. The van der Waals surface area contributed by atoms with Gasteiger partial charge in [-0.05, 0) is 17.7 Å². The molecule has 0 spiro atoms. The minimum absolute atomic E-state index is 0.0541. The number of amides is 2. The zero-order valence-corrected chi connectivity index (χ0v) is 19.9. The van der Waals surface area contributed by atoms with Crippen LogP contribution in [0.15, 0.2) is 24.5 Å². The fraction of sp³-hybridized carbons (Fsp3) is 0.714. The van der Waals surface area contributed by atoms with E-state index in [0.717, 1.165) is 4.90 Å². The van der Waals surface area contributed by atoms with Crippen molar-refractivity contribution < 1.29 is 54.8 Å². The maximum atomic E-state index is 12.9. The minimum Gasteiger partial charge on any atom is -0.394 e. The number of nitrogens with one attached hydrogen (secondary N) is 1. The Bertz CT molecular complexity index is 824. The number of nitrogens with zero attached hydrogens (tertiary/aromatic N) is 2. The summed E-state index contributed by atoms with van der Waals surface area (Å²) >= 11 is 5.66. The average Bonchev–Trinajstić information content (AvgIpc) is 2.89. The van der Waals surface area contributed by atoms with Crippen LogP contribution in [-0.2, 0) is 20.8 Å². The number of alkyl halides is 1. The molecule has 0 aliphatic carbocycles. The van der Waals surface area contributed by atoms with Gasteiger partial charge in [0.1, 0.15) is 48.8 Å². The molecular formula is C21H32ClN3O11. The number of aliphatic hydroxyl groups is 7. The molecule has 2 aliphatic heterocycles. The van der Waals surface area contributed by atoms with Crippen LogP contribution >= 0.6 is 11.6 Å². The molecular weight excluding hydrogens is 506 g/mol. The van der Waals surface area contributed by atoms with Crippen molar-refractivity contribution in [3.05, 3.63) is 30.1 Å². The normalized spacial score (nSPS) is 36.9. The Labute approximate surface area is 211 Å². The molecule has 1 unspecified atom stereocenters. The smallest absolute Gasteiger partial charge is 0.319 e. The van der Waals surface area contributed by atoms with Crippen LogP contribution in [-0.4, -0.2) is 139 Å². The monoisotopic (exact) mass is 537 g/mol. The second-order valence-corrected chi connectivity index (χ2v) is 8.81. The van der Waals surface area contributed by atoms with Gasteiger partial charge in [-0.25, -0.2) is 4.79 Å². The molecule has 36 heavy (non-hydrogen) atoms. The standard InChI is InChI=1S/C21H32ClN3O11/c22-3-6-24-21(33)25(7-10-1-4-23-5-2-10)19-16(31)15(30)18(12(9-27)34-19)36-20-17(32)14(29)13(28)11(8-26)35-20/h1-2,4-5,11-20,26-32H,3,6-9H2,(H,24,33)/t11-,12-,13-,14+,15-,16-,17-,18-,19?,20-/m1/s1. The van der Waals surface area contributed by atoms with Crippen molar-refractivity contribution in [2.75, 3.05) is 25.6 Å². The van der Waals surface area contributed by atoms with Gasteiger partial charge >= 0.3 is 6.03 Å². The topological polar surface area (TPSA) is 215 Å². The summed E-state index contributed by atoms with van der Waals surface area (Å²) in [6, 6.07) is 2.62. The van der Waals surface area contributed by atoms with Crippen molar-refractivity contribution in [3.8, 4) is 0 Å². The second-order valence-electron chi connectivity index (χ2n) is 8.43. The molecule has 0 saturated carbocycles. The van der Waals surface area contributed by atoms with Gasteiger partial charge < -0.3 is 55.3 Å². The van der Waals surface area contributed by atoms with Crippen molar-refractivity contribution in [1.82, 2.24) is 15.2 Å². The van der Waals surface area contributed by atoms with Crippen molar-refractivity contribution in [2.24, 2.45) is 0 Å². The summed E-state index contributed by atoms with van der Waals surface area (Å²) in [4.78, 5) is 17.9. The highest BCUT2D eigenvalue weighted by atomic mass is 35.5. The molecule has 3 heterocycles. The van der Waals surface area contributed by atoms with Gasteiger partial charge in [-0.15, -0.1) is 11.6 Å². The predicted octanol–water partition coefficient (Wildman–Crippen LogP) is -3.54. The molecule has 1 aromatic heterocycles. The van der Waals surface area contributed by atoms with Crippen LogP contribution in [0, 0.1) is 0 Å². The number of hydrogen-bond donors (Lipinski definition) is 8. The van der Waals surface area contributed by atoms with Crippen LogP contribution in [0.1, 0.15) is 5.56 Å². The van der Waals surface area contributed by atoms with E-state index in [1.807, 2.05) is 0 Å². The fourth-order valence-electron chi connectivity index (χ4n) is 4.05. The van der Waals surface area contributed by atoms with E-state index >= 15 is 0 Å². The number of hydrogen-bond acceptors (Lipinski definition) is 12. The van der Waals surface area contributed by atoms with Crippen molar-refractivity contribution >= 4 is 17.6 Å². The molecule has 2 fully saturated rings. The second kappa shape index (κ2) is 13.2. The van der Waals surface area contributed by atoms with Crippen LogP contribution in [0.2, 0.25) is 0 Å². The lowest BCUT2D eigenvalue weighted by Crippen LogP contribution is -2.67. The molecule has 2 aliphatic rings. The van der Waals surface area contributed by atoms with Gasteiger partial charge in [0.15, 0.2) is 12.5 Å². The number of urea groups is 1. The van der Waals surface area contributed by atoms with Crippen LogP contribution in [0.25, 0.3) is 0 Å². The third-order valence-electron chi connectivity index (χ3n) is 6.02. The lowest BCUT2D eigenvalue weighted by Gasteiger charge is -2.48. The van der Waals surface area contributed by atoms with Gasteiger partial charge in [0.2, 0.25) is 0 Å². The van der Waals surface area contributed by atoms with Crippen LogP contribution in [0.5, 0.6) is 0 Å². The number of carbonyl (C=O) groups is 1. The van der Waals surface area contributed by atoms with Crippen molar-refractivity contribution in [2.45, 2.75) is 67.9 Å². The Morgan fingerprint density at radius 1 is 0.972 bits per heavy atom. The van der Waals surface area contributed by atoms with Crippen LogP contribution in [0.3, 0.4) is 0 Å². The third-order valence-corrected chi connectivity index (χ3v) is 6.21. The molecule has 0 aromatic carbocycles. The lowest BCUT2D eigenvalue weighted by molar-refractivity contribution is -0.347. The zero-order valence-electron chi connectivity index (χ0n) is 19.2. The highest BCUT2D eigenvalue weighted by Gasteiger charge is 2.52. The largest absolute Gasteiger partial charge is 0.394 e. The molecule has 15 heteroatoms. The van der Waals surface area contributed by atoms with Gasteiger partial charge in [0, 0.05) is 24.8 Å². The summed E-state index contributed by atoms with van der Waals surface area (Å²) in [5.74, 6) is 0.125.